The average molecular weight is 1230 g/mol. The van der Waals surface area contributed by atoms with Crippen molar-refractivity contribution in [2.24, 2.45) is 23.7 Å². The lowest BCUT2D eigenvalue weighted by atomic mass is 9.90. The van der Waals surface area contributed by atoms with E-state index in [1.165, 1.54) is 44.8 Å². The largest absolute Gasteiger partial charge is 0.458 e. The third kappa shape index (κ3) is 22.0. The quantitative estimate of drug-likeness (QED) is 0.0463. The van der Waals surface area contributed by atoms with Crippen LogP contribution in [-0.2, 0) is 91.0 Å². The maximum Gasteiger partial charge on any atom is 0.347 e. The van der Waals surface area contributed by atoms with Crippen LogP contribution < -0.4 is 10.2 Å². The average Bonchev–Trinajstić information content (AvgIpc) is 2.79. The van der Waals surface area contributed by atoms with E-state index in [0.717, 1.165) is 40.1 Å². The highest BCUT2D eigenvalue weighted by Gasteiger charge is 2.42. The van der Waals surface area contributed by atoms with E-state index in [1.807, 2.05) is 122 Å². The molecule has 486 valence electrons. The summed E-state index contributed by atoms with van der Waals surface area (Å²) in [5.74, 6) is -6.19. The van der Waals surface area contributed by atoms with Crippen LogP contribution >= 0.6 is 0 Å². The van der Waals surface area contributed by atoms with Gasteiger partial charge in [0.2, 0.25) is 0 Å². The van der Waals surface area contributed by atoms with E-state index in [-0.39, 0.29) is 62.4 Å². The molecule has 2 aliphatic rings. The van der Waals surface area contributed by atoms with Crippen LogP contribution in [0.3, 0.4) is 0 Å². The fraction of sp³-hybridized carbons (Fsp3) is 0.618. The van der Waals surface area contributed by atoms with Crippen molar-refractivity contribution in [2.45, 2.75) is 182 Å². The SMILES string of the molecule is CN[C@@H](CC(C)C)C(=O)O[C@H](Cc1ccc(C2CCOCC2)cc1)C(=O)N(C)[C@@H](CC(C)C)C(=O)O[C@H](C)C(=O)N(C)[C@@H](CC(C)C)C(=O)O[C@H](Cc1ccc(N2CCOCC2)cc1)C(=O)N(C)[C@@H](CC(C)C)C(=O)O[C@H](C)C(=O)OCc1ccccc1. The van der Waals surface area contributed by atoms with Crippen LogP contribution in [0.4, 0.5) is 5.69 Å². The maximum absolute atomic E-state index is 15.0. The van der Waals surface area contributed by atoms with Crippen LogP contribution in [0.1, 0.15) is 136 Å². The summed E-state index contributed by atoms with van der Waals surface area (Å²) < 4.78 is 40.5. The number of nitrogens with zero attached hydrogens (tertiary/aromatic N) is 4. The Morgan fingerprint density at radius 3 is 1.38 bits per heavy atom. The van der Waals surface area contributed by atoms with Gasteiger partial charge >= 0.3 is 29.8 Å². The van der Waals surface area contributed by atoms with E-state index < -0.39 is 96.2 Å². The van der Waals surface area contributed by atoms with Gasteiger partial charge in [-0.25, -0.2) is 19.2 Å². The number of ether oxygens (including phenoxy) is 7. The minimum atomic E-state index is -1.53. The van der Waals surface area contributed by atoms with Gasteiger partial charge in [-0.2, -0.15) is 0 Å². The zero-order valence-corrected chi connectivity index (χ0v) is 54.5. The monoisotopic (exact) mass is 1230 g/mol. The fourth-order valence-electron chi connectivity index (χ4n) is 10.9. The fourth-order valence-corrected chi connectivity index (χ4v) is 10.9. The van der Waals surface area contributed by atoms with Gasteiger partial charge in [-0.3, -0.25) is 19.2 Å². The van der Waals surface area contributed by atoms with Gasteiger partial charge in [-0.1, -0.05) is 122 Å². The molecule has 0 saturated carbocycles. The molecule has 20 nitrogen and oxygen atoms in total. The number of anilines is 1. The molecule has 20 heteroatoms. The van der Waals surface area contributed by atoms with Crippen molar-refractivity contribution in [3.63, 3.8) is 0 Å². The molecule has 0 unspecified atom stereocenters. The van der Waals surface area contributed by atoms with Gasteiger partial charge < -0.3 is 58.1 Å². The van der Waals surface area contributed by atoms with Crippen LogP contribution in [0, 0.1) is 23.7 Å². The predicted octanol–water partition coefficient (Wildman–Crippen LogP) is 7.89. The van der Waals surface area contributed by atoms with Crippen molar-refractivity contribution in [1.29, 1.82) is 0 Å². The predicted molar refractivity (Wildman–Crippen MR) is 334 cm³/mol. The third-order valence-corrected chi connectivity index (χ3v) is 16.1. The molecule has 3 amide bonds. The van der Waals surface area contributed by atoms with E-state index in [4.69, 9.17) is 33.2 Å². The molecule has 2 fully saturated rings. The van der Waals surface area contributed by atoms with Gasteiger partial charge in [0.25, 0.3) is 17.7 Å². The molecule has 2 aliphatic heterocycles. The van der Waals surface area contributed by atoms with Crippen LogP contribution in [-0.4, -0.2) is 179 Å². The van der Waals surface area contributed by atoms with Crippen LogP contribution in [0.25, 0.3) is 0 Å². The number of carbonyl (C=O) groups excluding carboxylic acids is 8. The standard InChI is InChI=1S/C68H99N5O15/c1-43(2)36-55(69-11)65(78)87-59(40-49-20-24-52(25-21-49)53-28-32-82-33-29-53)62(75)71(13)56(37-44(3)4)66(79)85-47(9)61(74)70(12)58(39-46(7)8)68(81)88-60(41-50-22-26-54(27-23-50)73-30-34-83-35-31-73)63(76)72(14)57(38-45(5)6)67(80)86-48(10)64(77)84-42-51-18-16-15-17-19-51/h15-27,43-48,53,55-60,69H,28-42H2,1-14H3/t47-,48-,55+,56+,57+,58+,59-,60-/m1/s1. The number of rotatable bonds is 32. The molecule has 0 spiro atoms. The van der Waals surface area contributed by atoms with E-state index in [1.54, 1.807) is 19.2 Å². The lowest BCUT2D eigenvalue weighted by Gasteiger charge is -2.34. The van der Waals surface area contributed by atoms with Gasteiger partial charge in [-0.05, 0) is 123 Å². The zero-order valence-electron chi connectivity index (χ0n) is 54.5. The molecule has 0 aliphatic carbocycles. The van der Waals surface area contributed by atoms with Crippen molar-refractivity contribution < 1.29 is 71.5 Å². The van der Waals surface area contributed by atoms with Crippen molar-refractivity contribution in [1.82, 2.24) is 20.0 Å². The summed E-state index contributed by atoms with van der Waals surface area (Å²) in [5.41, 5.74) is 4.22. The molecule has 8 atom stereocenters. The molecule has 1 N–H and O–H groups in total. The number of hydrogen-bond donors (Lipinski definition) is 1. The Hall–Kier alpha value is -6.90. The molecule has 0 aromatic heterocycles. The second-order valence-corrected chi connectivity index (χ2v) is 25.2. The maximum atomic E-state index is 15.0. The first-order valence-corrected chi connectivity index (χ1v) is 31.4. The Bertz CT molecular complexity index is 2710. The first-order valence-electron chi connectivity index (χ1n) is 31.4. The summed E-state index contributed by atoms with van der Waals surface area (Å²) in [6, 6.07) is 20.0. The normalized spacial score (nSPS) is 16.5. The van der Waals surface area contributed by atoms with Crippen molar-refractivity contribution >= 4 is 53.3 Å². The van der Waals surface area contributed by atoms with Crippen LogP contribution in [0.15, 0.2) is 78.9 Å². The summed E-state index contributed by atoms with van der Waals surface area (Å²) in [4.78, 5) is 120. The number of benzene rings is 3. The Morgan fingerprint density at radius 2 is 0.909 bits per heavy atom. The van der Waals surface area contributed by atoms with Crippen molar-refractivity contribution in [3.8, 4) is 0 Å². The lowest BCUT2D eigenvalue weighted by Crippen LogP contribution is -2.53. The van der Waals surface area contributed by atoms with E-state index in [2.05, 4.69) is 10.2 Å². The summed E-state index contributed by atoms with van der Waals surface area (Å²) in [6.45, 7) is 21.8. The molecule has 3 aromatic rings. The number of morpholine rings is 1. The topological polar surface area (TPSA) is 226 Å². The molecule has 2 saturated heterocycles. The van der Waals surface area contributed by atoms with E-state index >= 15 is 0 Å². The van der Waals surface area contributed by atoms with Gasteiger partial charge in [0.1, 0.15) is 30.8 Å². The Balaban J connectivity index is 1.38. The summed E-state index contributed by atoms with van der Waals surface area (Å²) >= 11 is 0. The molecule has 0 bridgehead atoms. The molecular formula is C68H99N5O15. The number of amides is 3. The summed E-state index contributed by atoms with van der Waals surface area (Å²) in [5, 5.41) is 3.02. The smallest absolute Gasteiger partial charge is 0.347 e. The second-order valence-electron chi connectivity index (χ2n) is 25.2. The molecular weight excluding hydrogens is 1130 g/mol. The highest BCUT2D eigenvalue weighted by Crippen LogP contribution is 2.29. The number of carbonyl (C=O) groups is 8. The second kappa shape index (κ2) is 35.3. The van der Waals surface area contributed by atoms with Gasteiger partial charge in [0.05, 0.1) is 13.2 Å². The molecule has 2 heterocycles. The van der Waals surface area contributed by atoms with Gasteiger partial charge in [-0.15, -0.1) is 0 Å². The number of hydrogen-bond acceptors (Lipinski definition) is 17. The van der Waals surface area contributed by atoms with E-state index in [9.17, 15) is 38.4 Å². The number of esters is 5. The highest BCUT2D eigenvalue weighted by molar-refractivity contribution is 5.93. The van der Waals surface area contributed by atoms with Crippen LogP contribution in [0.5, 0.6) is 0 Å². The van der Waals surface area contributed by atoms with Crippen LogP contribution in [0.2, 0.25) is 0 Å². The lowest BCUT2D eigenvalue weighted by molar-refractivity contribution is -0.175. The van der Waals surface area contributed by atoms with Gasteiger partial charge in [0.15, 0.2) is 24.4 Å². The molecule has 3 aromatic carbocycles. The summed E-state index contributed by atoms with van der Waals surface area (Å²) in [7, 11) is 5.92. The Morgan fingerprint density at radius 1 is 0.489 bits per heavy atom. The third-order valence-electron chi connectivity index (χ3n) is 16.1. The Kier molecular flexibility index (Phi) is 28.8. The molecule has 5 rings (SSSR count). The molecule has 0 radical (unpaired) electrons. The molecule has 88 heavy (non-hydrogen) atoms. The number of nitrogens with one attached hydrogen (secondary N) is 1. The highest BCUT2D eigenvalue weighted by atomic mass is 16.6. The minimum absolute atomic E-state index is 0.0275. The summed E-state index contributed by atoms with van der Waals surface area (Å²) in [6.07, 6.45) is -3.16. The minimum Gasteiger partial charge on any atom is -0.458 e. The van der Waals surface area contributed by atoms with Crippen molar-refractivity contribution in [2.75, 3.05) is 72.6 Å². The van der Waals surface area contributed by atoms with Gasteiger partial charge in [0, 0.05) is 66.0 Å². The van der Waals surface area contributed by atoms with Crippen molar-refractivity contribution in [3.05, 3.63) is 101 Å². The van der Waals surface area contributed by atoms with E-state index in [0.29, 0.717) is 57.4 Å². The first-order chi connectivity index (χ1) is 41.8. The first kappa shape index (κ1) is 71.8. The number of likely N-dealkylation sites (N-methyl/N-ethyl adjacent to an activating group) is 4. The Labute approximate surface area is 521 Å². The zero-order chi connectivity index (χ0) is 64.8.